The Labute approximate surface area is 166 Å². The van der Waals surface area contributed by atoms with Gasteiger partial charge in [-0.3, -0.25) is 0 Å². The zero-order valence-corrected chi connectivity index (χ0v) is 18.1. The Kier molecular flexibility index (Phi) is 7.42. The Morgan fingerprint density at radius 3 is 2.30 bits per heavy atom. The van der Waals surface area contributed by atoms with E-state index in [-0.39, 0.29) is 22.8 Å². The van der Waals surface area contributed by atoms with Crippen LogP contribution in [0.2, 0.25) is 0 Å². The molecule has 0 spiro atoms. The van der Waals surface area contributed by atoms with Crippen LogP contribution < -0.4 is 0 Å². The molecule has 0 saturated heterocycles. The molecular weight excluding hydrogens is 332 g/mol. The number of phenols is 2. The van der Waals surface area contributed by atoms with Crippen LogP contribution in [0.5, 0.6) is 11.5 Å². The maximum atomic E-state index is 10.9. The first kappa shape index (κ1) is 21.9. The molecule has 0 aliphatic heterocycles. The van der Waals surface area contributed by atoms with E-state index in [0.717, 1.165) is 36.0 Å². The second-order valence-corrected chi connectivity index (χ2v) is 9.60. The first-order valence-corrected chi connectivity index (χ1v) is 10.9. The monoisotopic (exact) mass is 372 g/mol. The van der Waals surface area contributed by atoms with Gasteiger partial charge in [0, 0.05) is 5.56 Å². The van der Waals surface area contributed by atoms with E-state index in [1.54, 1.807) is 0 Å². The first-order chi connectivity index (χ1) is 12.7. The molecule has 3 atom stereocenters. The van der Waals surface area contributed by atoms with Crippen LogP contribution in [-0.4, -0.2) is 10.2 Å². The number of benzene rings is 1. The summed E-state index contributed by atoms with van der Waals surface area (Å²) in [5.41, 5.74) is 2.88. The maximum absolute atomic E-state index is 10.9. The van der Waals surface area contributed by atoms with Crippen molar-refractivity contribution in [2.24, 2.45) is 11.8 Å². The van der Waals surface area contributed by atoms with Crippen LogP contribution in [0.1, 0.15) is 103 Å². The highest BCUT2D eigenvalue weighted by molar-refractivity contribution is 5.51. The predicted molar refractivity (Wildman–Crippen MR) is 116 cm³/mol. The number of allylic oxidation sites excluding steroid dienone is 1. The van der Waals surface area contributed by atoms with Crippen molar-refractivity contribution >= 4 is 0 Å². The van der Waals surface area contributed by atoms with Crippen molar-refractivity contribution < 1.29 is 10.2 Å². The maximum Gasteiger partial charge on any atom is 0.123 e. The molecule has 2 nitrogen and oxygen atoms in total. The molecule has 0 bridgehead atoms. The lowest BCUT2D eigenvalue weighted by Gasteiger charge is -2.37. The van der Waals surface area contributed by atoms with Crippen LogP contribution in [0.4, 0.5) is 0 Å². The van der Waals surface area contributed by atoms with Gasteiger partial charge in [-0.25, -0.2) is 0 Å². The third-order valence-electron chi connectivity index (χ3n) is 6.69. The molecule has 1 aliphatic carbocycles. The van der Waals surface area contributed by atoms with Crippen LogP contribution in [0.15, 0.2) is 24.3 Å². The van der Waals surface area contributed by atoms with Crippen LogP contribution in [0.25, 0.3) is 0 Å². The van der Waals surface area contributed by atoms with Gasteiger partial charge in [-0.15, -0.1) is 0 Å². The van der Waals surface area contributed by atoms with E-state index in [1.165, 1.54) is 32.1 Å². The SMILES string of the molecule is C=C(C)[C@@H]1CCC(C)CC1c1c(O)cc(C(C)(C)CCCCCC)cc1O. The largest absolute Gasteiger partial charge is 0.508 e. The average molecular weight is 373 g/mol. The molecule has 2 heteroatoms. The van der Waals surface area contributed by atoms with Crippen molar-refractivity contribution in [2.45, 2.75) is 97.3 Å². The van der Waals surface area contributed by atoms with Gasteiger partial charge in [-0.2, -0.15) is 0 Å². The third-order valence-corrected chi connectivity index (χ3v) is 6.69. The molecule has 0 amide bonds. The first-order valence-electron chi connectivity index (χ1n) is 10.9. The van der Waals surface area contributed by atoms with Crippen LogP contribution in [-0.2, 0) is 5.41 Å². The smallest absolute Gasteiger partial charge is 0.123 e. The van der Waals surface area contributed by atoms with Gasteiger partial charge in [0.25, 0.3) is 0 Å². The second kappa shape index (κ2) is 9.17. The number of rotatable bonds is 8. The van der Waals surface area contributed by atoms with Crippen molar-refractivity contribution in [2.75, 3.05) is 0 Å². The summed E-state index contributed by atoms with van der Waals surface area (Å²) in [4.78, 5) is 0. The normalized spacial score (nSPS) is 23.4. The summed E-state index contributed by atoms with van der Waals surface area (Å²) in [6.07, 6.45) is 9.29. The molecule has 0 aromatic heterocycles. The van der Waals surface area contributed by atoms with Gasteiger partial charge in [0.1, 0.15) is 11.5 Å². The minimum Gasteiger partial charge on any atom is -0.508 e. The summed E-state index contributed by atoms with van der Waals surface area (Å²) in [5, 5.41) is 21.8. The molecule has 2 rings (SSSR count). The minimum absolute atomic E-state index is 0.0468. The quantitative estimate of drug-likeness (QED) is 0.367. The highest BCUT2D eigenvalue weighted by atomic mass is 16.3. The lowest BCUT2D eigenvalue weighted by Crippen LogP contribution is -2.23. The zero-order chi connectivity index (χ0) is 20.2. The summed E-state index contributed by atoms with van der Waals surface area (Å²) < 4.78 is 0. The van der Waals surface area contributed by atoms with Crippen molar-refractivity contribution in [3.8, 4) is 11.5 Å². The molecule has 0 radical (unpaired) electrons. The van der Waals surface area contributed by atoms with Gasteiger partial charge >= 0.3 is 0 Å². The molecule has 1 aromatic carbocycles. The van der Waals surface area contributed by atoms with Crippen LogP contribution in [0, 0.1) is 11.8 Å². The van der Waals surface area contributed by atoms with Crippen molar-refractivity contribution in [1.29, 1.82) is 0 Å². The molecule has 2 N–H and O–H groups in total. The van der Waals surface area contributed by atoms with Gasteiger partial charge in [-0.1, -0.05) is 72.0 Å². The van der Waals surface area contributed by atoms with Crippen LogP contribution >= 0.6 is 0 Å². The van der Waals surface area contributed by atoms with Crippen LogP contribution in [0.3, 0.4) is 0 Å². The molecule has 2 unspecified atom stereocenters. The Hall–Kier alpha value is -1.44. The van der Waals surface area contributed by atoms with Crippen molar-refractivity contribution in [3.63, 3.8) is 0 Å². The molecule has 1 fully saturated rings. The molecule has 1 saturated carbocycles. The summed E-state index contributed by atoms with van der Waals surface area (Å²) in [7, 11) is 0. The number of phenolic OH excluding ortho intramolecular Hbond substituents is 2. The number of aromatic hydroxyl groups is 2. The van der Waals surface area contributed by atoms with Gasteiger partial charge in [0.05, 0.1) is 0 Å². The molecule has 0 heterocycles. The summed E-state index contributed by atoms with van der Waals surface area (Å²) in [6, 6.07) is 3.81. The van der Waals surface area contributed by atoms with E-state index >= 15 is 0 Å². The molecule has 27 heavy (non-hydrogen) atoms. The van der Waals surface area contributed by atoms with E-state index in [1.807, 2.05) is 12.1 Å². The Morgan fingerprint density at radius 1 is 1.11 bits per heavy atom. The topological polar surface area (TPSA) is 40.5 Å². The molecule has 1 aliphatic rings. The van der Waals surface area contributed by atoms with E-state index in [2.05, 4.69) is 41.2 Å². The van der Waals surface area contributed by atoms with Crippen molar-refractivity contribution in [3.05, 3.63) is 35.4 Å². The lowest BCUT2D eigenvalue weighted by atomic mass is 9.68. The fraction of sp³-hybridized carbons (Fsp3) is 0.680. The Bertz CT molecular complexity index is 621. The summed E-state index contributed by atoms with van der Waals surface area (Å²) in [6.45, 7) is 15.2. The van der Waals surface area contributed by atoms with Gasteiger partial charge in [-0.05, 0) is 67.1 Å². The highest BCUT2D eigenvalue weighted by Crippen LogP contribution is 2.50. The van der Waals surface area contributed by atoms with E-state index < -0.39 is 0 Å². The van der Waals surface area contributed by atoms with Gasteiger partial charge < -0.3 is 10.2 Å². The minimum atomic E-state index is -0.0468. The summed E-state index contributed by atoms with van der Waals surface area (Å²) >= 11 is 0. The molecular formula is C25H40O2. The predicted octanol–water partition coefficient (Wildman–Crippen LogP) is 7.44. The number of hydrogen-bond acceptors (Lipinski definition) is 2. The second-order valence-electron chi connectivity index (χ2n) is 9.60. The third kappa shape index (κ3) is 5.30. The lowest BCUT2D eigenvalue weighted by molar-refractivity contribution is 0.267. The van der Waals surface area contributed by atoms with E-state index in [4.69, 9.17) is 0 Å². The zero-order valence-electron chi connectivity index (χ0n) is 18.1. The molecule has 1 aromatic rings. The fourth-order valence-corrected chi connectivity index (χ4v) is 4.82. The van der Waals surface area contributed by atoms with Crippen molar-refractivity contribution in [1.82, 2.24) is 0 Å². The summed E-state index contributed by atoms with van der Waals surface area (Å²) in [5.74, 6) is 1.63. The van der Waals surface area contributed by atoms with E-state index in [0.29, 0.717) is 11.8 Å². The van der Waals surface area contributed by atoms with Gasteiger partial charge in [0.15, 0.2) is 0 Å². The number of unbranched alkanes of at least 4 members (excludes halogenated alkanes) is 3. The average Bonchev–Trinajstić information content (AvgIpc) is 2.58. The number of hydrogen-bond donors (Lipinski definition) is 2. The Balaban J connectivity index is 2.29. The Morgan fingerprint density at radius 2 is 1.74 bits per heavy atom. The highest BCUT2D eigenvalue weighted by Gasteiger charge is 2.34. The fourth-order valence-electron chi connectivity index (χ4n) is 4.82. The molecule has 152 valence electrons. The standard InChI is InChI=1S/C25H40O2/c1-7-8-9-10-13-25(5,6)19-15-22(26)24(23(27)16-19)21-14-18(4)11-12-20(21)17(2)3/h15-16,18,20-21,26-27H,2,7-14H2,1,3-6H3/t18?,20-,21?/m0/s1. The van der Waals surface area contributed by atoms with E-state index in [9.17, 15) is 10.2 Å². The van der Waals surface area contributed by atoms with Gasteiger partial charge in [0.2, 0.25) is 0 Å².